The van der Waals surface area contributed by atoms with Gasteiger partial charge in [0.15, 0.2) is 0 Å². The third-order valence-corrected chi connectivity index (χ3v) is 4.36. The molecule has 0 aromatic carbocycles. The number of fused-ring (bicyclic) bond motifs is 1. The van der Waals surface area contributed by atoms with Crippen molar-refractivity contribution in [2.75, 3.05) is 0 Å². The lowest BCUT2D eigenvalue weighted by Gasteiger charge is -2.14. The molecule has 2 heterocycles. The summed E-state index contributed by atoms with van der Waals surface area (Å²) in [6.07, 6.45) is 0. The van der Waals surface area contributed by atoms with Crippen LogP contribution in [0.1, 0.15) is 70.1 Å². The summed E-state index contributed by atoms with van der Waals surface area (Å²) >= 11 is 1.84. The van der Waals surface area contributed by atoms with E-state index in [-0.39, 0.29) is 0 Å². The van der Waals surface area contributed by atoms with E-state index in [4.69, 9.17) is 4.98 Å². The van der Waals surface area contributed by atoms with Crippen molar-refractivity contribution in [2.45, 2.75) is 59.4 Å². The summed E-state index contributed by atoms with van der Waals surface area (Å²) in [5, 5.41) is 0. The van der Waals surface area contributed by atoms with Crippen LogP contribution in [0.4, 0.5) is 0 Å². The van der Waals surface area contributed by atoms with Crippen LogP contribution in [-0.2, 0) is 0 Å². The minimum absolute atomic E-state index is 0.479. The predicted molar refractivity (Wildman–Crippen MR) is 76.2 cm³/mol. The minimum Gasteiger partial charge on any atom is -0.324 e. The molecule has 0 aliphatic heterocycles. The normalized spacial score (nSPS) is 12.5. The number of aromatic nitrogens is 2. The quantitative estimate of drug-likeness (QED) is 0.755. The Morgan fingerprint density at radius 2 is 1.71 bits per heavy atom. The van der Waals surface area contributed by atoms with Gasteiger partial charge < -0.3 is 4.57 Å². The van der Waals surface area contributed by atoms with Crippen molar-refractivity contribution in [1.82, 2.24) is 9.55 Å². The van der Waals surface area contributed by atoms with E-state index in [1.807, 2.05) is 11.3 Å². The average molecular weight is 250 g/mol. The van der Waals surface area contributed by atoms with E-state index in [1.165, 1.54) is 21.0 Å². The number of thiophene rings is 1. The molecular weight excluding hydrogens is 228 g/mol. The minimum atomic E-state index is 0.479. The molecule has 2 aromatic heterocycles. The molecule has 0 aliphatic carbocycles. The van der Waals surface area contributed by atoms with Gasteiger partial charge >= 0.3 is 0 Å². The first-order chi connectivity index (χ1) is 7.91. The van der Waals surface area contributed by atoms with Crippen LogP contribution in [0.2, 0.25) is 0 Å². The van der Waals surface area contributed by atoms with Crippen molar-refractivity contribution < 1.29 is 0 Å². The summed E-state index contributed by atoms with van der Waals surface area (Å²) in [5.74, 6) is 2.30. The second kappa shape index (κ2) is 4.45. The smallest absolute Gasteiger partial charge is 0.142 e. The zero-order chi connectivity index (χ0) is 12.7. The molecule has 0 atom stereocenters. The van der Waals surface area contributed by atoms with Crippen molar-refractivity contribution in [1.29, 1.82) is 0 Å². The fourth-order valence-electron chi connectivity index (χ4n) is 2.16. The Hall–Kier alpha value is -0.830. The van der Waals surface area contributed by atoms with Gasteiger partial charge in [0.1, 0.15) is 10.7 Å². The van der Waals surface area contributed by atoms with Gasteiger partial charge in [0.25, 0.3) is 0 Å². The van der Waals surface area contributed by atoms with Crippen molar-refractivity contribution in [3.63, 3.8) is 0 Å². The first-order valence-electron chi connectivity index (χ1n) is 6.43. The zero-order valence-electron chi connectivity index (χ0n) is 11.6. The number of hydrogen-bond donors (Lipinski definition) is 0. The SMILES string of the molecule is CC(C)c1cc2c(nc(C(C)C)n2C(C)C)s1. The average Bonchev–Trinajstić information content (AvgIpc) is 2.71. The molecule has 0 bridgehead atoms. The van der Waals surface area contributed by atoms with Crippen LogP contribution in [0.25, 0.3) is 10.3 Å². The Morgan fingerprint density at radius 1 is 1.06 bits per heavy atom. The summed E-state index contributed by atoms with van der Waals surface area (Å²) in [4.78, 5) is 7.46. The zero-order valence-corrected chi connectivity index (χ0v) is 12.4. The van der Waals surface area contributed by atoms with Gasteiger partial charge in [-0.25, -0.2) is 4.98 Å². The Labute approximate surface area is 108 Å². The number of nitrogens with zero attached hydrogens (tertiary/aromatic N) is 2. The molecule has 0 amide bonds. The summed E-state index contributed by atoms with van der Waals surface area (Å²) in [6, 6.07) is 2.80. The van der Waals surface area contributed by atoms with Crippen LogP contribution in [-0.4, -0.2) is 9.55 Å². The number of imidazole rings is 1. The number of rotatable bonds is 3. The second-order valence-electron chi connectivity index (χ2n) is 5.58. The topological polar surface area (TPSA) is 17.8 Å². The van der Waals surface area contributed by atoms with E-state index in [9.17, 15) is 0 Å². The Kier molecular flexibility index (Phi) is 3.30. The highest BCUT2D eigenvalue weighted by Crippen LogP contribution is 2.34. The molecule has 0 spiro atoms. The third kappa shape index (κ3) is 2.13. The standard InChI is InChI=1S/C14H22N2S/c1-8(2)12-7-11-14(17-12)15-13(9(3)4)16(11)10(5)6/h7-10H,1-6H3. The molecule has 0 aliphatic rings. The molecular formula is C14H22N2S. The van der Waals surface area contributed by atoms with Gasteiger partial charge in [-0.1, -0.05) is 27.7 Å². The maximum absolute atomic E-state index is 4.82. The molecule has 0 saturated carbocycles. The van der Waals surface area contributed by atoms with Gasteiger partial charge in [0.05, 0.1) is 5.52 Å². The predicted octanol–water partition coefficient (Wildman–Crippen LogP) is 4.93. The first-order valence-corrected chi connectivity index (χ1v) is 7.25. The van der Waals surface area contributed by atoms with Crippen LogP contribution in [0.5, 0.6) is 0 Å². The molecule has 2 nitrogen and oxygen atoms in total. The highest BCUT2D eigenvalue weighted by molar-refractivity contribution is 7.18. The largest absolute Gasteiger partial charge is 0.324 e. The third-order valence-electron chi connectivity index (χ3n) is 3.04. The Balaban J connectivity index is 2.64. The fraction of sp³-hybridized carbons (Fsp3) is 0.643. The van der Waals surface area contributed by atoms with Gasteiger partial charge in [-0.3, -0.25) is 0 Å². The molecule has 0 radical (unpaired) electrons. The van der Waals surface area contributed by atoms with E-state index in [0.29, 0.717) is 17.9 Å². The molecule has 0 fully saturated rings. The van der Waals surface area contributed by atoms with E-state index in [2.05, 4.69) is 52.2 Å². The van der Waals surface area contributed by atoms with Crippen LogP contribution in [0.3, 0.4) is 0 Å². The molecule has 94 valence electrons. The van der Waals surface area contributed by atoms with E-state index >= 15 is 0 Å². The molecule has 2 aromatic rings. The van der Waals surface area contributed by atoms with Crippen LogP contribution >= 0.6 is 11.3 Å². The van der Waals surface area contributed by atoms with Crippen LogP contribution in [0, 0.1) is 0 Å². The van der Waals surface area contributed by atoms with Crippen molar-refractivity contribution in [3.8, 4) is 0 Å². The molecule has 2 rings (SSSR count). The summed E-state index contributed by atoms with van der Waals surface area (Å²) < 4.78 is 2.39. The van der Waals surface area contributed by atoms with Crippen molar-refractivity contribution in [2.24, 2.45) is 0 Å². The summed E-state index contributed by atoms with van der Waals surface area (Å²) in [5.41, 5.74) is 1.32. The van der Waals surface area contributed by atoms with Crippen LogP contribution in [0.15, 0.2) is 6.07 Å². The lowest BCUT2D eigenvalue weighted by atomic mass is 10.2. The lowest BCUT2D eigenvalue weighted by molar-refractivity contribution is 0.564. The van der Waals surface area contributed by atoms with E-state index in [0.717, 1.165) is 0 Å². The van der Waals surface area contributed by atoms with Gasteiger partial charge in [0.2, 0.25) is 0 Å². The fourth-order valence-corrected chi connectivity index (χ4v) is 3.19. The van der Waals surface area contributed by atoms with Crippen molar-refractivity contribution in [3.05, 3.63) is 16.8 Å². The lowest BCUT2D eigenvalue weighted by Crippen LogP contribution is -2.07. The van der Waals surface area contributed by atoms with E-state index in [1.54, 1.807) is 0 Å². The van der Waals surface area contributed by atoms with Crippen LogP contribution < -0.4 is 0 Å². The molecule has 0 saturated heterocycles. The first kappa shape index (κ1) is 12.6. The highest BCUT2D eigenvalue weighted by atomic mass is 32.1. The summed E-state index contributed by atoms with van der Waals surface area (Å²) in [6.45, 7) is 13.4. The van der Waals surface area contributed by atoms with Gasteiger partial charge in [-0.15, -0.1) is 11.3 Å². The molecule has 0 N–H and O–H groups in total. The Bertz CT molecular complexity index is 518. The van der Waals surface area contributed by atoms with Crippen molar-refractivity contribution >= 4 is 21.7 Å². The monoisotopic (exact) mass is 250 g/mol. The van der Waals surface area contributed by atoms with Gasteiger partial charge in [0, 0.05) is 16.8 Å². The molecule has 17 heavy (non-hydrogen) atoms. The maximum Gasteiger partial charge on any atom is 0.142 e. The van der Waals surface area contributed by atoms with E-state index < -0.39 is 0 Å². The van der Waals surface area contributed by atoms with Gasteiger partial charge in [-0.05, 0) is 25.8 Å². The number of hydrogen-bond acceptors (Lipinski definition) is 2. The maximum atomic E-state index is 4.82. The Morgan fingerprint density at radius 3 is 2.18 bits per heavy atom. The highest BCUT2D eigenvalue weighted by Gasteiger charge is 2.18. The summed E-state index contributed by atoms with van der Waals surface area (Å²) in [7, 11) is 0. The molecule has 0 unspecified atom stereocenters. The van der Waals surface area contributed by atoms with Gasteiger partial charge in [-0.2, -0.15) is 0 Å². The second-order valence-corrected chi connectivity index (χ2v) is 6.64. The molecule has 3 heteroatoms.